The molecule has 0 spiro atoms. The Labute approximate surface area is 127 Å². The molecule has 1 N–H and O–H groups in total. The van der Waals surface area contributed by atoms with Crippen LogP contribution in [0.3, 0.4) is 0 Å². The van der Waals surface area contributed by atoms with Gasteiger partial charge in [-0.1, -0.05) is 48.4 Å². The molecule has 1 aromatic carbocycles. The van der Waals surface area contributed by atoms with Crippen LogP contribution in [0.1, 0.15) is 18.9 Å². The molecule has 2 aromatic rings. The predicted molar refractivity (Wildman–Crippen MR) is 81.9 cm³/mol. The molecule has 0 aliphatic heterocycles. The number of hydrogen-bond acceptors (Lipinski definition) is 4. The quantitative estimate of drug-likeness (QED) is 0.896. The van der Waals surface area contributed by atoms with Gasteiger partial charge in [-0.25, -0.2) is 0 Å². The minimum atomic E-state index is 0.620. The number of nitrogens with zero attached hydrogens (tertiary/aromatic N) is 2. The first-order chi connectivity index (χ1) is 9.06. The summed E-state index contributed by atoms with van der Waals surface area (Å²) in [4.78, 5) is 0. The summed E-state index contributed by atoms with van der Waals surface area (Å²) >= 11 is 13.7. The van der Waals surface area contributed by atoms with Crippen molar-refractivity contribution in [2.75, 3.05) is 6.54 Å². The summed E-state index contributed by atoms with van der Waals surface area (Å²) in [6, 6.07) is 5.35. The Morgan fingerprint density at radius 3 is 2.79 bits per heavy atom. The van der Waals surface area contributed by atoms with E-state index in [1.807, 2.05) is 6.07 Å². The second kappa shape index (κ2) is 6.66. The summed E-state index contributed by atoms with van der Waals surface area (Å²) < 4.78 is 0. The molecule has 0 radical (unpaired) electrons. The second-order valence-electron chi connectivity index (χ2n) is 4.65. The Morgan fingerprint density at radius 1 is 1.26 bits per heavy atom. The molecule has 1 heterocycles. The van der Waals surface area contributed by atoms with Gasteiger partial charge in [0.1, 0.15) is 10.0 Å². The molecule has 0 aliphatic carbocycles. The van der Waals surface area contributed by atoms with E-state index >= 15 is 0 Å². The first-order valence-electron chi connectivity index (χ1n) is 6.05. The standard InChI is InChI=1S/C13H15Cl2N3S/c1-8(2)6-16-7-12-17-18-13(19-12)10-5-9(14)3-4-11(10)15/h3-5,8,16H,6-7H2,1-2H3. The Hall–Kier alpha value is -0.680. The molecule has 0 bridgehead atoms. The summed E-state index contributed by atoms with van der Waals surface area (Å²) in [6.45, 7) is 6.04. The molecule has 0 atom stereocenters. The highest BCUT2D eigenvalue weighted by atomic mass is 35.5. The van der Waals surface area contributed by atoms with E-state index in [4.69, 9.17) is 23.2 Å². The predicted octanol–water partition coefficient (Wildman–Crippen LogP) is 4.26. The zero-order valence-corrected chi connectivity index (χ0v) is 13.1. The van der Waals surface area contributed by atoms with Crippen molar-refractivity contribution in [3.8, 4) is 10.6 Å². The van der Waals surface area contributed by atoms with Crippen molar-refractivity contribution < 1.29 is 0 Å². The van der Waals surface area contributed by atoms with Gasteiger partial charge in [-0.2, -0.15) is 0 Å². The van der Waals surface area contributed by atoms with E-state index in [2.05, 4.69) is 29.4 Å². The molecule has 1 aromatic heterocycles. The summed E-state index contributed by atoms with van der Waals surface area (Å²) in [5.74, 6) is 0.620. The SMILES string of the molecule is CC(C)CNCc1nnc(-c2cc(Cl)ccc2Cl)s1. The Bertz CT molecular complexity index is 555. The molecule has 0 fully saturated rings. The lowest BCUT2D eigenvalue weighted by atomic mass is 10.2. The van der Waals surface area contributed by atoms with Crippen LogP contribution >= 0.6 is 34.5 Å². The van der Waals surface area contributed by atoms with Crippen molar-refractivity contribution in [1.29, 1.82) is 0 Å². The van der Waals surface area contributed by atoms with Gasteiger partial charge >= 0.3 is 0 Å². The molecular formula is C13H15Cl2N3S. The van der Waals surface area contributed by atoms with Crippen molar-refractivity contribution in [1.82, 2.24) is 15.5 Å². The topological polar surface area (TPSA) is 37.8 Å². The lowest BCUT2D eigenvalue weighted by Gasteiger charge is -2.04. The minimum absolute atomic E-state index is 0.620. The third-order valence-electron chi connectivity index (χ3n) is 2.45. The molecule has 6 heteroatoms. The van der Waals surface area contributed by atoms with E-state index in [0.29, 0.717) is 16.0 Å². The van der Waals surface area contributed by atoms with Gasteiger partial charge < -0.3 is 5.32 Å². The summed E-state index contributed by atoms with van der Waals surface area (Å²) in [6.07, 6.45) is 0. The highest BCUT2D eigenvalue weighted by Gasteiger charge is 2.10. The maximum atomic E-state index is 6.15. The van der Waals surface area contributed by atoms with Crippen LogP contribution in [0.4, 0.5) is 0 Å². The number of benzene rings is 1. The lowest BCUT2D eigenvalue weighted by molar-refractivity contribution is 0.550. The fourth-order valence-electron chi connectivity index (χ4n) is 1.56. The van der Waals surface area contributed by atoms with Gasteiger partial charge in [0.05, 0.1) is 5.02 Å². The number of nitrogens with one attached hydrogen (secondary N) is 1. The van der Waals surface area contributed by atoms with Gasteiger partial charge in [-0.05, 0) is 30.7 Å². The van der Waals surface area contributed by atoms with Gasteiger partial charge in [0.25, 0.3) is 0 Å². The smallest absolute Gasteiger partial charge is 0.149 e. The fraction of sp³-hybridized carbons (Fsp3) is 0.385. The molecule has 0 saturated heterocycles. The molecule has 19 heavy (non-hydrogen) atoms. The monoisotopic (exact) mass is 315 g/mol. The zero-order chi connectivity index (χ0) is 13.8. The third-order valence-corrected chi connectivity index (χ3v) is 3.98. The molecular weight excluding hydrogens is 301 g/mol. The minimum Gasteiger partial charge on any atom is -0.310 e. The first-order valence-corrected chi connectivity index (χ1v) is 7.62. The molecule has 2 rings (SSSR count). The third kappa shape index (κ3) is 4.14. The number of aromatic nitrogens is 2. The number of rotatable bonds is 5. The molecule has 0 amide bonds. The zero-order valence-electron chi connectivity index (χ0n) is 10.8. The van der Waals surface area contributed by atoms with E-state index in [0.717, 1.165) is 28.7 Å². The molecule has 0 aliphatic rings. The number of halogens is 2. The largest absolute Gasteiger partial charge is 0.310 e. The van der Waals surface area contributed by atoms with Crippen LogP contribution in [0.2, 0.25) is 10.0 Å². The number of hydrogen-bond donors (Lipinski definition) is 1. The van der Waals surface area contributed by atoms with Gasteiger partial charge in [0.15, 0.2) is 0 Å². The van der Waals surface area contributed by atoms with Crippen LogP contribution < -0.4 is 5.32 Å². The van der Waals surface area contributed by atoms with Crippen molar-refractivity contribution in [2.24, 2.45) is 5.92 Å². The summed E-state index contributed by atoms with van der Waals surface area (Å²) in [7, 11) is 0. The average Bonchev–Trinajstić information content (AvgIpc) is 2.80. The first kappa shape index (κ1) is 14.7. The average molecular weight is 316 g/mol. The molecule has 102 valence electrons. The van der Waals surface area contributed by atoms with E-state index in [1.165, 1.54) is 11.3 Å². The van der Waals surface area contributed by atoms with E-state index in [9.17, 15) is 0 Å². The van der Waals surface area contributed by atoms with Crippen LogP contribution in [0.15, 0.2) is 18.2 Å². The van der Waals surface area contributed by atoms with Crippen LogP contribution in [-0.4, -0.2) is 16.7 Å². The summed E-state index contributed by atoms with van der Waals surface area (Å²) in [5.41, 5.74) is 0.835. The fourth-order valence-corrected chi connectivity index (χ4v) is 2.84. The van der Waals surface area contributed by atoms with Crippen molar-refractivity contribution in [2.45, 2.75) is 20.4 Å². The highest BCUT2D eigenvalue weighted by molar-refractivity contribution is 7.14. The van der Waals surface area contributed by atoms with Gasteiger partial charge in [-0.15, -0.1) is 10.2 Å². The normalized spacial score (nSPS) is 11.2. The van der Waals surface area contributed by atoms with Crippen molar-refractivity contribution >= 4 is 34.5 Å². The second-order valence-corrected chi connectivity index (χ2v) is 6.56. The van der Waals surface area contributed by atoms with E-state index in [-0.39, 0.29) is 0 Å². The Balaban J connectivity index is 2.10. The van der Waals surface area contributed by atoms with Crippen LogP contribution in [0, 0.1) is 5.92 Å². The lowest BCUT2D eigenvalue weighted by Crippen LogP contribution is -2.18. The maximum Gasteiger partial charge on any atom is 0.149 e. The molecule has 0 unspecified atom stereocenters. The van der Waals surface area contributed by atoms with E-state index < -0.39 is 0 Å². The Morgan fingerprint density at radius 2 is 2.05 bits per heavy atom. The van der Waals surface area contributed by atoms with Gasteiger partial charge in [-0.3, -0.25) is 0 Å². The molecule has 0 saturated carbocycles. The highest BCUT2D eigenvalue weighted by Crippen LogP contribution is 2.32. The molecule has 3 nitrogen and oxygen atoms in total. The van der Waals surface area contributed by atoms with Gasteiger partial charge in [0, 0.05) is 17.1 Å². The van der Waals surface area contributed by atoms with Gasteiger partial charge in [0.2, 0.25) is 0 Å². The van der Waals surface area contributed by atoms with E-state index in [1.54, 1.807) is 12.1 Å². The Kier molecular flexibility index (Phi) is 5.16. The van der Waals surface area contributed by atoms with Crippen molar-refractivity contribution in [3.05, 3.63) is 33.3 Å². The van der Waals surface area contributed by atoms with Crippen molar-refractivity contribution in [3.63, 3.8) is 0 Å². The van der Waals surface area contributed by atoms with Crippen LogP contribution in [0.25, 0.3) is 10.6 Å². The maximum absolute atomic E-state index is 6.15. The summed E-state index contributed by atoms with van der Waals surface area (Å²) in [5, 5.41) is 14.7. The van der Waals surface area contributed by atoms with Crippen LogP contribution in [-0.2, 0) is 6.54 Å². The van der Waals surface area contributed by atoms with Crippen LogP contribution in [0.5, 0.6) is 0 Å².